The van der Waals surface area contributed by atoms with E-state index in [2.05, 4.69) is 23.1 Å². The number of nitrogens with zero attached hydrogens (tertiary/aromatic N) is 3. The summed E-state index contributed by atoms with van der Waals surface area (Å²) in [6, 6.07) is 5.93. The monoisotopic (exact) mass is 258 g/mol. The molecule has 3 aromatic heterocycles. The third-order valence-corrected chi connectivity index (χ3v) is 3.90. The van der Waals surface area contributed by atoms with Gasteiger partial charge in [0.2, 0.25) is 0 Å². The molecule has 0 aromatic carbocycles. The molecule has 2 N–H and O–H groups in total. The lowest BCUT2D eigenvalue weighted by Gasteiger charge is -2.13. The Morgan fingerprint density at radius 1 is 1.44 bits per heavy atom. The predicted octanol–water partition coefficient (Wildman–Crippen LogP) is 2.56. The van der Waals surface area contributed by atoms with E-state index in [1.807, 2.05) is 28.4 Å². The first kappa shape index (κ1) is 11.4. The molecule has 3 rings (SSSR count). The molecular formula is C13H14N4S. The molecule has 0 aliphatic rings. The van der Waals surface area contributed by atoms with Crippen LogP contribution in [0.5, 0.6) is 0 Å². The second kappa shape index (κ2) is 4.51. The number of rotatable bonds is 3. The van der Waals surface area contributed by atoms with Gasteiger partial charge in [0, 0.05) is 18.9 Å². The van der Waals surface area contributed by atoms with Crippen LogP contribution < -0.4 is 5.73 Å². The van der Waals surface area contributed by atoms with Crippen molar-refractivity contribution in [2.75, 3.05) is 0 Å². The summed E-state index contributed by atoms with van der Waals surface area (Å²) in [7, 11) is 0. The molecule has 0 radical (unpaired) electrons. The minimum atomic E-state index is -0.175. The lowest BCUT2D eigenvalue weighted by molar-refractivity contribution is 0.600. The van der Waals surface area contributed by atoms with Crippen molar-refractivity contribution in [2.45, 2.75) is 19.5 Å². The van der Waals surface area contributed by atoms with Gasteiger partial charge in [-0.3, -0.25) is 9.67 Å². The van der Waals surface area contributed by atoms with Crippen LogP contribution in [0.4, 0.5) is 0 Å². The van der Waals surface area contributed by atoms with E-state index in [-0.39, 0.29) is 6.04 Å². The summed E-state index contributed by atoms with van der Waals surface area (Å²) in [6.45, 7) is 2.88. The van der Waals surface area contributed by atoms with Gasteiger partial charge in [-0.05, 0) is 36.1 Å². The van der Waals surface area contributed by atoms with Gasteiger partial charge in [-0.1, -0.05) is 0 Å². The van der Waals surface area contributed by atoms with E-state index in [9.17, 15) is 0 Å². The summed E-state index contributed by atoms with van der Waals surface area (Å²) >= 11 is 1.69. The first-order valence-electron chi connectivity index (χ1n) is 5.90. The zero-order valence-electron chi connectivity index (χ0n) is 10.1. The van der Waals surface area contributed by atoms with Gasteiger partial charge in [0.1, 0.15) is 0 Å². The Bertz CT molecular complexity index is 670. The first-order chi connectivity index (χ1) is 8.79. The second-order valence-electron chi connectivity index (χ2n) is 4.12. The van der Waals surface area contributed by atoms with Crippen molar-refractivity contribution in [3.8, 4) is 0 Å². The fourth-order valence-electron chi connectivity index (χ4n) is 2.07. The molecule has 0 saturated heterocycles. The Morgan fingerprint density at radius 3 is 3.17 bits per heavy atom. The number of aromatic nitrogens is 3. The fourth-order valence-corrected chi connectivity index (χ4v) is 2.86. The van der Waals surface area contributed by atoms with Gasteiger partial charge < -0.3 is 5.73 Å². The smallest absolute Gasteiger partial charge is 0.0809 e. The SMILES string of the molecule is CCn1nccc1C(N)c1cnc2ccsc2c1. The maximum Gasteiger partial charge on any atom is 0.0809 e. The highest BCUT2D eigenvalue weighted by atomic mass is 32.1. The van der Waals surface area contributed by atoms with Crippen molar-refractivity contribution in [1.82, 2.24) is 14.8 Å². The lowest BCUT2D eigenvalue weighted by Crippen LogP contribution is -2.17. The predicted molar refractivity (Wildman–Crippen MR) is 73.6 cm³/mol. The normalized spacial score (nSPS) is 13.0. The molecule has 0 spiro atoms. The Balaban J connectivity index is 2.03. The Morgan fingerprint density at radius 2 is 2.33 bits per heavy atom. The van der Waals surface area contributed by atoms with E-state index >= 15 is 0 Å². The summed E-state index contributed by atoms with van der Waals surface area (Å²) in [5.41, 5.74) is 9.38. The molecule has 0 aliphatic heterocycles. The first-order valence-corrected chi connectivity index (χ1v) is 6.78. The van der Waals surface area contributed by atoms with Gasteiger partial charge in [-0.2, -0.15) is 5.10 Å². The van der Waals surface area contributed by atoms with Crippen molar-refractivity contribution >= 4 is 21.6 Å². The van der Waals surface area contributed by atoms with Gasteiger partial charge in [0.15, 0.2) is 0 Å². The zero-order chi connectivity index (χ0) is 12.5. The minimum Gasteiger partial charge on any atom is -0.319 e. The highest BCUT2D eigenvalue weighted by Crippen LogP contribution is 2.25. The van der Waals surface area contributed by atoms with Crippen LogP contribution in [0.15, 0.2) is 36.0 Å². The molecular weight excluding hydrogens is 244 g/mol. The van der Waals surface area contributed by atoms with Crippen molar-refractivity contribution < 1.29 is 0 Å². The molecule has 1 unspecified atom stereocenters. The second-order valence-corrected chi connectivity index (χ2v) is 5.07. The third kappa shape index (κ3) is 1.81. The largest absolute Gasteiger partial charge is 0.319 e. The molecule has 4 nitrogen and oxygen atoms in total. The van der Waals surface area contributed by atoms with Crippen LogP contribution in [-0.4, -0.2) is 14.8 Å². The van der Waals surface area contributed by atoms with Gasteiger partial charge in [-0.15, -0.1) is 11.3 Å². The fraction of sp³-hybridized carbons (Fsp3) is 0.231. The van der Waals surface area contributed by atoms with Crippen molar-refractivity contribution in [3.05, 3.63) is 47.2 Å². The van der Waals surface area contributed by atoms with Crippen molar-refractivity contribution in [1.29, 1.82) is 0 Å². The van der Waals surface area contributed by atoms with E-state index in [1.165, 1.54) is 4.70 Å². The summed E-state index contributed by atoms with van der Waals surface area (Å²) in [5, 5.41) is 6.30. The van der Waals surface area contributed by atoms with Crippen LogP contribution in [-0.2, 0) is 6.54 Å². The Kier molecular flexibility index (Phi) is 2.85. The number of hydrogen-bond donors (Lipinski definition) is 1. The van der Waals surface area contributed by atoms with E-state index in [1.54, 1.807) is 17.5 Å². The third-order valence-electron chi connectivity index (χ3n) is 3.05. The standard InChI is InChI=1S/C13H14N4S/c1-2-17-11(3-5-16-17)13(14)9-7-12-10(15-8-9)4-6-18-12/h3-8,13H,2,14H2,1H3. The zero-order valence-corrected chi connectivity index (χ0v) is 10.9. The van der Waals surface area contributed by atoms with Gasteiger partial charge in [0.05, 0.1) is 22.0 Å². The molecule has 0 saturated carbocycles. The van der Waals surface area contributed by atoms with Crippen molar-refractivity contribution in [3.63, 3.8) is 0 Å². The van der Waals surface area contributed by atoms with E-state index < -0.39 is 0 Å². The Hall–Kier alpha value is -1.72. The van der Waals surface area contributed by atoms with E-state index in [0.29, 0.717) is 0 Å². The van der Waals surface area contributed by atoms with Crippen LogP contribution in [0, 0.1) is 0 Å². The number of fused-ring (bicyclic) bond motifs is 1. The van der Waals surface area contributed by atoms with Gasteiger partial charge in [0.25, 0.3) is 0 Å². The summed E-state index contributed by atoms with van der Waals surface area (Å²) in [6.07, 6.45) is 3.64. The number of pyridine rings is 1. The molecule has 3 aromatic rings. The summed E-state index contributed by atoms with van der Waals surface area (Å²) in [5.74, 6) is 0. The molecule has 0 amide bonds. The topological polar surface area (TPSA) is 56.7 Å². The van der Waals surface area contributed by atoms with E-state index in [4.69, 9.17) is 5.73 Å². The maximum absolute atomic E-state index is 6.30. The minimum absolute atomic E-state index is 0.175. The number of aryl methyl sites for hydroxylation is 1. The molecule has 18 heavy (non-hydrogen) atoms. The highest BCUT2D eigenvalue weighted by Gasteiger charge is 2.14. The molecule has 5 heteroatoms. The van der Waals surface area contributed by atoms with Crippen LogP contribution in [0.3, 0.4) is 0 Å². The van der Waals surface area contributed by atoms with Crippen LogP contribution >= 0.6 is 11.3 Å². The molecule has 0 fully saturated rings. The Labute approximate surface area is 109 Å². The molecule has 0 aliphatic carbocycles. The lowest BCUT2D eigenvalue weighted by atomic mass is 10.1. The number of thiophene rings is 1. The van der Waals surface area contributed by atoms with E-state index in [0.717, 1.165) is 23.3 Å². The molecule has 0 bridgehead atoms. The van der Waals surface area contributed by atoms with Crippen molar-refractivity contribution in [2.24, 2.45) is 5.73 Å². The maximum atomic E-state index is 6.30. The molecule has 3 heterocycles. The van der Waals surface area contributed by atoms with Gasteiger partial charge in [-0.25, -0.2) is 0 Å². The molecule has 1 atom stereocenters. The van der Waals surface area contributed by atoms with Gasteiger partial charge >= 0.3 is 0 Å². The van der Waals surface area contributed by atoms with Crippen LogP contribution in [0.2, 0.25) is 0 Å². The summed E-state index contributed by atoms with van der Waals surface area (Å²) in [4.78, 5) is 4.43. The quantitative estimate of drug-likeness (QED) is 0.785. The van der Waals surface area contributed by atoms with Crippen LogP contribution in [0.25, 0.3) is 10.2 Å². The highest BCUT2D eigenvalue weighted by molar-refractivity contribution is 7.17. The average Bonchev–Trinajstić information content (AvgIpc) is 3.05. The van der Waals surface area contributed by atoms with Crippen LogP contribution in [0.1, 0.15) is 24.2 Å². The number of hydrogen-bond acceptors (Lipinski definition) is 4. The summed E-state index contributed by atoms with van der Waals surface area (Å²) < 4.78 is 3.09. The number of nitrogens with two attached hydrogens (primary N) is 1. The average molecular weight is 258 g/mol. The molecule has 92 valence electrons.